The largest absolute Gasteiger partial charge is 0.478 e. The normalized spacial score (nSPS) is 17.5. The molecule has 1 aliphatic rings. The van der Waals surface area contributed by atoms with Crippen LogP contribution in [0.3, 0.4) is 0 Å². The maximum absolute atomic E-state index is 11.4. The molecular formula is C28H31NO2. The summed E-state index contributed by atoms with van der Waals surface area (Å²) < 4.78 is 0. The van der Waals surface area contributed by atoms with Gasteiger partial charge in [0.25, 0.3) is 0 Å². The molecule has 0 amide bonds. The van der Waals surface area contributed by atoms with Crippen LogP contribution in [-0.2, 0) is 10.8 Å². The van der Waals surface area contributed by atoms with Crippen LogP contribution < -0.4 is 5.32 Å². The van der Waals surface area contributed by atoms with Gasteiger partial charge in [0, 0.05) is 5.69 Å². The first kappa shape index (κ1) is 21.2. The Hall–Kier alpha value is -3.07. The van der Waals surface area contributed by atoms with Crippen molar-refractivity contribution >= 4 is 11.7 Å². The third-order valence-electron chi connectivity index (χ3n) is 6.41. The van der Waals surface area contributed by atoms with Crippen LogP contribution in [0.5, 0.6) is 0 Å². The average Bonchev–Trinajstić information content (AvgIpc) is 2.72. The topological polar surface area (TPSA) is 49.3 Å². The molecule has 3 aromatic rings. The standard InChI is InChI=1S/C28H31NO2/c1-27(2,3)22-12-9-18(10-13-22)19-7-6-8-20(15-19)25-17-28(4,5)23-16-21(26(30)31)11-14-24(23)29-25/h6-16,25,29H,17H2,1-5H3,(H,30,31). The number of aromatic carboxylic acids is 1. The highest BCUT2D eigenvalue weighted by molar-refractivity contribution is 5.89. The lowest BCUT2D eigenvalue weighted by Gasteiger charge is -2.39. The molecule has 1 unspecified atom stereocenters. The van der Waals surface area contributed by atoms with Crippen LogP contribution in [-0.4, -0.2) is 11.1 Å². The maximum atomic E-state index is 11.4. The van der Waals surface area contributed by atoms with E-state index in [9.17, 15) is 9.90 Å². The minimum Gasteiger partial charge on any atom is -0.478 e. The van der Waals surface area contributed by atoms with Crippen molar-refractivity contribution in [3.05, 3.63) is 89.0 Å². The molecule has 1 aliphatic heterocycles. The number of hydrogen-bond donors (Lipinski definition) is 2. The molecule has 0 saturated heterocycles. The van der Waals surface area contributed by atoms with Gasteiger partial charge in [-0.15, -0.1) is 0 Å². The van der Waals surface area contributed by atoms with E-state index >= 15 is 0 Å². The number of hydrogen-bond acceptors (Lipinski definition) is 2. The van der Waals surface area contributed by atoms with Gasteiger partial charge in [0.1, 0.15) is 0 Å². The lowest BCUT2D eigenvalue weighted by Crippen LogP contribution is -2.31. The summed E-state index contributed by atoms with van der Waals surface area (Å²) in [5, 5.41) is 13.0. The molecule has 3 heteroatoms. The fourth-order valence-electron chi connectivity index (χ4n) is 4.52. The van der Waals surface area contributed by atoms with Crippen molar-refractivity contribution in [1.29, 1.82) is 0 Å². The molecule has 0 aromatic heterocycles. The first-order valence-corrected chi connectivity index (χ1v) is 10.9. The summed E-state index contributed by atoms with van der Waals surface area (Å²) in [7, 11) is 0. The number of rotatable bonds is 3. The molecule has 1 atom stereocenters. The summed E-state index contributed by atoms with van der Waals surface area (Å²) in [4.78, 5) is 11.4. The third-order valence-corrected chi connectivity index (χ3v) is 6.41. The van der Waals surface area contributed by atoms with Gasteiger partial charge in [0.2, 0.25) is 0 Å². The third kappa shape index (κ3) is 4.23. The van der Waals surface area contributed by atoms with Gasteiger partial charge in [0.05, 0.1) is 11.6 Å². The molecule has 2 N–H and O–H groups in total. The fraction of sp³-hybridized carbons (Fsp3) is 0.321. The van der Waals surface area contributed by atoms with Crippen molar-refractivity contribution in [2.24, 2.45) is 0 Å². The molecule has 31 heavy (non-hydrogen) atoms. The van der Waals surface area contributed by atoms with Crippen LogP contribution in [0.4, 0.5) is 5.69 Å². The van der Waals surface area contributed by atoms with Crippen LogP contribution in [0.25, 0.3) is 11.1 Å². The maximum Gasteiger partial charge on any atom is 0.335 e. The number of carbonyl (C=O) groups is 1. The van der Waals surface area contributed by atoms with E-state index in [-0.39, 0.29) is 16.9 Å². The van der Waals surface area contributed by atoms with Crippen molar-refractivity contribution in [1.82, 2.24) is 0 Å². The highest BCUT2D eigenvalue weighted by Crippen LogP contribution is 2.44. The molecule has 0 spiro atoms. The summed E-state index contributed by atoms with van der Waals surface area (Å²) in [6, 6.07) is 23.2. The number of carboxylic acids is 1. The van der Waals surface area contributed by atoms with E-state index in [1.54, 1.807) is 6.07 Å². The predicted molar refractivity (Wildman–Crippen MR) is 128 cm³/mol. The quantitative estimate of drug-likeness (QED) is 0.478. The minimum absolute atomic E-state index is 0.124. The van der Waals surface area contributed by atoms with E-state index in [1.807, 2.05) is 12.1 Å². The zero-order valence-electron chi connectivity index (χ0n) is 19.0. The van der Waals surface area contributed by atoms with Crippen LogP contribution >= 0.6 is 0 Å². The van der Waals surface area contributed by atoms with Crippen molar-refractivity contribution in [2.45, 2.75) is 57.9 Å². The number of fused-ring (bicyclic) bond motifs is 1. The molecule has 160 valence electrons. The smallest absolute Gasteiger partial charge is 0.335 e. The molecule has 0 bridgehead atoms. The molecule has 0 saturated carbocycles. The highest BCUT2D eigenvalue weighted by atomic mass is 16.4. The Morgan fingerprint density at radius 3 is 2.32 bits per heavy atom. The predicted octanol–water partition coefficient (Wildman–Crippen LogP) is 7.18. The molecule has 4 rings (SSSR count). The first-order chi connectivity index (χ1) is 14.5. The molecule has 3 aromatic carbocycles. The molecule has 1 heterocycles. The van der Waals surface area contributed by atoms with Crippen molar-refractivity contribution in [3.63, 3.8) is 0 Å². The van der Waals surface area contributed by atoms with Gasteiger partial charge in [-0.3, -0.25) is 0 Å². The Labute approximate surface area is 185 Å². The average molecular weight is 414 g/mol. The number of benzene rings is 3. The Balaban J connectivity index is 1.65. The van der Waals surface area contributed by atoms with Crippen molar-refractivity contribution in [3.8, 4) is 11.1 Å². The lowest BCUT2D eigenvalue weighted by atomic mass is 9.73. The van der Waals surface area contributed by atoms with Gasteiger partial charge in [-0.1, -0.05) is 77.1 Å². The Bertz CT molecular complexity index is 1120. The van der Waals surface area contributed by atoms with E-state index < -0.39 is 5.97 Å². The SMILES string of the molecule is CC(C)(C)c1ccc(-c2cccc(C3CC(C)(C)c4cc(C(=O)O)ccc4N3)c2)cc1. The van der Waals surface area contributed by atoms with Crippen LogP contribution in [0.15, 0.2) is 66.7 Å². The monoisotopic (exact) mass is 413 g/mol. The molecule has 0 fully saturated rings. The van der Waals surface area contributed by atoms with E-state index in [1.165, 1.54) is 22.3 Å². The van der Waals surface area contributed by atoms with E-state index in [4.69, 9.17) is 0 Å². The molecule has 3 nitrogen and oxygen atoms in total. The van der Waals surface area contributed by atoms with Crippen molar-refractivity contribution < 1.29 is 9.90 Å². The number of carboxylic acid groups (broad SMARTS) is 1. The second kappa shape index (κ2) is 7.56. The summed E-state index contributed by atoms with van der Waals surface area (Å²) >= 11 is 0. The van der Waals surface area contributed by atoms with Gasteiger partial charge in [-0.25, -0.2) is 4.79 Å². The van der Waals surface area contributed by atoms with Crippen LogP contribution in [0.1, 0.15) is 74.1 Å². The molecule has 0 radical (unpaired) electrons. The fourth-order valence-corrected chi connectivity index (χ4v) is 4.52. The summed E-state index contributed by atoms with van der Waals surface area (Å²) in [6.07, 6.45) is 0.898. The Morgan fingerprint density at radius 2 is 1.68 bits per heavy atom. The number of anilines is 1. The van der Waals surface area contributed by atoms with Gasteiger partial charge in [-0.2, -0.15) is 0 Å². The zero-order chi connectivity index (χ0) is 22.4. The van der Waals surface area contributed by atoms with E-state index in [0.29, 0.717) is 5.56 Å². The summed E-state index contributed by atoms with van der Waals surface area (Å²) in [5.41, 5.74) is 7.46. The second-order valence-corrected chi connectivity index (χ2v) is 10.3. The van der Waals surface area contributed by atoms with E-state index in [0.717, 1.165) is 17.7 Å². The van der Waals surface area contributed by atoms with Gasteiger partial charge >= 0.3 is 5.97 Å². The number of nitrogens with one attached hydrogen (secondary N) is 1. The van der Waals surface area contributed by atoms with Gasteiger partial charge in [-0.05, 0) is 69.3 Å². The van der Waals surface area contributed by atoms with Gasteiger partial charge < -0.3 is 10.4 Å². The zero-order valence-corrected chi connectivity index (χ0v) is 19.0. The summed E-state index contributed by atoms with van der Waals surface area (Å²) in [5.74, 6) is -0.883. The van der Waals surface area contributed by atoms with E-state index in [2.05, 4.69) is 88.5 Å². The van der Waals surface area contributed by atoms with Gasteiger partial charge in [0.15, 0.2) is 0 Å². The Morgan fingerprint density at radius 1 is 0.968 bits per heavy atom. The second-order valence-electron chi connectivity index (χ2n) is 10.3. The van der Waals surface area contributed by atoms with Crippen LogP contribution in [0.2, 0.25) is 0 Å². The summed E-state index contributed by atoms with van der Waals surface area (Å²) in [6.45, 7) is 11.1. The molecular weight excluding hydrogens is 382 g/mol. The first-order valence-electron chi connectivity index (χ1n) is 10.9. The lowest BCUT2D eigenvalue weighted by molar-refractivity contribution is 0.0696. The Kier molecular flexibility index (Phi) is 5.17. The van der Waals surface area contributed by atoms with Crippen molar-refractivity contribution in [2.75, 3.05) is 5.32 Å². The minimum atomic E-state index is -0.883. The highest BCUT2D eigenvalue weighted by Gasteiger charge is 2.34. The van der Waals surface area contributed by atoms with Crippen LogP contribution in [0, 0.1) is 0 Å². The molecule has 0 aliphatic carbocycles.